The van der Waals surface area contributed by atoms with Crippen LogP contribution < -0.4 is 0 Å². The maximum absolute atomic E-state index is 10.7. The highest BCUT2D eigenvalue weighted by Gasteiger charge is 2.15. The van der Waals surface area contributed by atoms with Crippen LogP contribution in [0.2, 0.25) is 0 Å². The van der Waals surface area contributed by atoms with Crippen LogP contribution in [0, 0.1) is 10.7 Å². The van der Waals surface area contributed by atoms with Gasteiger partial charge in [-0.05, 0) is 18.1 Å². The Morgan fingerprint density at radius 3 is 2.76 bits per heavy atom. The van der Waals surface area contributed by atoms with E-state index in [-0.39, 0.29) is 12.5 Å². The van der Waals surface area contributed by atoms with E-state index >= 15 is 0 Å². The average molecular weight is 258 g/mol. The minimum absolute atomic E-state index is 0.00149. The third kappa shape index (κ3) is 5.65. The Morgan fingerprint density at radius 2 is 2.29 bits per heavy atom. The molecule has 1 heterocycles. The van der Waals surface area contributed by atoms with Gasteiger partial charge in [-0.2, -0.15) is 0 Å². The van der Waals surface area contributed by atoms with E-state index in [1.807, 2.05) is 13.8 Å². The van der Waals surface area contributed by atoms with Crippen LogP contribution in [0.15, 0.2) is 6.20 Å². The lowest BCUT2D eigenvalue weighted by Gasteiger charge is -2.16. The molecule has 0 aromatic carbocycles. The van der Waals surface area contributed by atoms with Crippen molar-refractivity contribution < 1.29 is 14.6 Å². The van der Waals surface area contributed by atoms with Crippen molar-refractivity contribution in [3.63, 3.8) is 0 Å². The van der Waals surface area contributed by atoms with E-state index in [2.05, 4.69) is 9.97 Å². The molecule has 0 spiro atoms. The van der Waals surface area contributed by atoms with E-state index in [9.17, 15) is 4.79 Å². The summed E-state index contributed by atoms with van der Waals surface area (Å²) in [6.07, 6.45) is 1.94. The number of aliphatic carboxylic acids is 1. The number of rotatable bonds is 7. The van der Waals surface area contributed by atoms with E-state index < -0.39 is 5.97 Å². The highest BCUT2D eigenvalue weighted by atomic mass is 32.1. The van der Waals surface area contributed by atoms with Gasteiger partial charge >= 0.3 is 5.97 Å². The molecule has 0 aliphatic carbocycles. The number of carboxylic acids is 1. The highest BCUT2D eigenvalue weighted by Crippen LogP contribution is 2.09. The molecule has 3 N–H and O–H groups in total. The molecule has 5 nitrogen and oxygen atoms in total. The molecule has 0 aliphatic heterocycles. The van der Waals surface area contributed by atoms with Gasteiger partial charge in [0.2, 0.25) is 0 Å². The Kier molecular flexibility index (Phi) is 5.37. The van der Waals surface area contributed by atoms with Crippen molar-refractivity contribution in [2.24, 2.45) is 5.92 Å². The lowest BCUT2D eigenvalue weighted by molar-refractivity contribution is -0.140. The van der Waals surface area contributed by atoms with Gasteiger partial charge in [-0.1, -0.05) is 13.8 Å². The summed E-state index contributed by atoms with van der Waals surface area (Å²) in [6.45, 7) is 4.62. The number of imidazole rings is 1. The molecule has 17 heavy (non-hydrogen) atoms. The van der Waals surface area contributed by atoms with Gasteiger partial charge in [0, 0.05) is 24.9 Å². The number of hydrogen-bond acceptors (Lipinski definition) is 3. The number of carbonyl (C=O) groups is 1. The number of aromatic nitrogens is 2. The minimum Gasteiger partial charge on any atom is -0.481 e. The van der Waals surface area contributed by atoms with Crippen LogP contribution in [0.25, 0.3) is 0 Å². The number of aromatic amines is 2. The molecular formula is C11H18N2O3S. The second-order valence-corrected chi connectivity index (χ2v) is 4.83. The maximum Gasteiger partial charge on any atom is 0.305 e. The van der Waals surface area contributed by atoms with Crippen molar-refractivity contribution in [2.75, 3.05) is 6.61 Å². The van der Waals surface area contributed by atoms with Gasteiger partial charge in [-0.15, -0.1) is 0 Å². The number of hydrogen-bond donors (Lipinski definition) is 3. The molecule has 0 radical (unpaired) electrons. The van der Waals surface area contributed by atoms with Gasteiger partial charge in [-0.25, -0.2) is 0 Å². The molecule has 1 atom stereocenters. The Labute approximate surface area is 105 Å². The molecule has 96 valence electrons. The number of H-pyrrole nitrogens is 2. The summed E-state index contributed by atoms with van der Waals surface area (Å²) in [4.78, 5) is 16.5. The first-order valence-corrected chi connectivity index (χ1v) is 5.98. The van der Waals surface area contributed by atoms with Gasteiger partial charge in [0.15, 0.2) is 4.77 Å². The summed E-state index contributed by atoms with van der Waals surface area (Å²) in [6, 6.07) is 0. The second kappa shape index (κ2) is 6.56. The van der Waals surface area contributed by atoms with Gasteiger partial charge in [0.1, 0.15) is 0 Å². The molecule has 0 amide bonds. The molecule has 1 rings (SSSR count). The van der Waals surface area contributed by atoms with E-state index in [0.717, 1.165) is 5.69 Å². The Balaban J connectivity index is 2.56. The zero-order valence-electron chi connectivity index (χ0n) is 10.0. The SMILES string of the molecule is CC(C)COC(CC(=O)O)Cc1c[nH]c(=S)[nH]1. The van der Waals surface area contributed by atoms with Gasteiger partial charge in [0.05, 0.1) is 12.5 Å². The summed E-state index contributed by atoms with van der Waals surface area (Å²) >= 11 is 4.91. The molecule has 0 saturated carbocycles. The molecule has 1 aromatic rings. The Hall–Kier alpha value is -1.14. The largest absolute Gasteiger partial charge is 0.481 e. The van der Waals surface area contributed by atoms with Crippen molar-refractivity contribution in [2.45, 2.75) is 32.8 Å². The maximum atomic E-state index is 10.7. The topological polar surface area (TPSA) is 78.1 Å². The predicted molar refractivity (Wildman–Crippen MR) is 66.5 cm³/mol. The van der Waals surface area contributed by atoms with Crippen LogP contribution in [-0.2, 0) is 16.0 Å². The Morgan fingerprint density at radius 1 is 1.59 bits per heavy atom. The van der Waals surface area contributed by atoms with Crippen LogP contribution in [0.3, 0.4) is 0 Å². The van der Waals surface area contributed by atoms with Crippen molar-refractivity contribution in [3.05, 3.63) is 16.7 Å². The molecular weight excluding hydrogens is 240 g/mol. The van der Waals surface area contributed by atoms with Crippen molar-refractivity contribution in [3.8, 4) is 0 Å². The lowest BCUT2D eigenvalue weighted by Crippen LogP contribution is -2.22. The average Bonchev–Trinajstić information content (AvgIpc) is 2.59. The zero-order chi connectivity index (χ0) is 12.8. The summed E-state index contributed by atoms with van der Waals surface area (Å²) in [7, 11) is 0. The molecule has 0 bridgehead atoms. The number of ether oxygens (including phenoxy) is 1. The third-order valence-corrected chi connectivity index (χ3v) is 2.39. The van der Waals surface area contributed by atoms with Gasteiger partial charge < -0.3 is 19.8 Å². The summed E-state index contributed by atoms with van der Waals surface area (Å²) in [5.41, 5.74) is 0.866. The molecule has 6 heteroatoms. The third-order valence-electron chi connectivity index (χ3n) is 2.17. The van der Waals surface area contributed by atoms with Crippen LogP contribution >= 0.6 is 12.2 Å². The Bertz CT molecular complexity index is 411. The zero-order valence-corrected chi connectivity index (χ0v) is 10.8. The first-order chi connectivity index (χ1) is 7.97. The second-order valence-electron chi connectivity index (χ2n) is 4.42. The minimum atomic E-state index is -0.854. The molecule has 1 aromatic heterocycles. The van der Waals surface area contributed by atoms with Crippen molar-refractivity contribution in [1.82, 2.24) is 9.97 Å². The fourth-order valence-corrected chi connectivity index (χ4v) is 1.63. The fourth-order valence-electron chi connectivity index (χ4n) is 1.44. The smallest absolute Gasteiger partial charge is 0.305 e. The van der Waals surface area contributed by atoms with E-state index in [0.29, 0.717) is 23.7 Å². The highest BCUT2D eigenvalue weighted by molar-refractivity contribution is 7.71. The van der Waals surface area contributed by atoms with E-state index in [1.165, 1.54) is 0 Å². The van der Waals surface area contributed by atoms with Gasteiger partial charge in [0.25, 0.3) is 0 Å². The first kappa shape index (κ1) is 13.9. The van der Waals surface area contributed by atoms with Crippen LogP contribution in [0.1, 0.15) is 26.0 Å². The van der Waals surface area contributed by atoms with Crippen LogP contribution in [0.4, 0.5) is 0 Å². The molecule has 0 saturated heterocycles. The summed E-state index contributed by atoms with van der Waals surface area (Å²) in [5.74, 6) is -0.469. The monoisotopic (exact) mass is 258 g/mol. The van der Waals surface area contributed by atoms with Crippen molar-refractivity contribution in [1.29, 1.82) is 0 Å². The van der Waals surface area contributed by atoms with E-state index in [1.54, 1.807) is 6.20 Å². The molecule has 0 fully saturated rings. The number of carboxylic acid groups (broad SMARTS) is 1. The summed E-state index contributed by atoms with van der Waals surface area (Å²) < 4.78 is 6.12. The molecule has 1 unspecified atom stereocenters. The molecule has 0 aliphatic rings. The first-order valence-electron chi connectivity index (χ1n) is 5.57. The lowest BCUT2D eigenvalue weighted by atomic mass is 10.1. The standard InChI is InChI=1S/C11H18N2O3S/c1-7(2)6-16-9(4-10(14)15)3-8-5-12-11(17)13-8/h5,7,9H,3-4,6H2,1-2H3,(H,14,15)(H2,12,13,17). The normalized spacial score (nSPS) is 12.9. The predicted octanol–water partition coefficient (Wildman–Crippen LogP) is 2.13. The van der Waals surface area contributed by atoms with Crippen LogP contribution in [0.5, 0.6) is 0 Å². The summed E-state index contributed by atoms with van der Waals surface area (Å²) in [5, 5.41) is 8.81. The van der Waals surface area contributed by atoms with E-state index in [4.69, 9.17) is 22.1 Å². The number of nitrogens with one attached hydrogen (secondary N) is 2. The van der Waals surface area contributed by atoms with Crippen molar-refractivity contribution >= 4 is 18.2 Å². The fraction of sp³-hybridized carbons (Fsp3) is 0.636. The quantitative estimate of drug-likeness (QED) is 0.655. The van der Waals surface area contributed by atoms with Crippen LogP contribution in [-0.4, -0.2) is 33.8 Å². The van der Waals surface area contributed by atoms with Gasteiger partial charge in [-0.3, -0.25) is 4.79 Å².